The summed E-state index contributed by atoms with van der Waals surface area (Å²) >= 11 is 0. The van der Waals surface area contributed by atoms with E-state index in [0.717, 1.165) is 5.56 Å². The summed E-state index contributed by atoms with van der Waals surface area (Å²) in [4.78, 5) is 12.4. The average Bonchev–Trinajstić information content (AvgIpc) is 2.64. The molecule has 29 heavy (non-hydrogen) atoms. The highest BCUT2D eigenvalue weighted by Crippen LogP contribution is 2.29. The number of benzene rings is 2. The van der Waals surface area contributed by atoms with Crippen molar-refractivity contribution in [2.24, 2.45) is 0 Å². The van der Waals surface area contributed by atoms with Gasteiger partial charge in [0, 0.05) is 23.7 Å². The molecule has 0 spiro atoms. The van der Waals surface area contributed by atoms with Gasteiger partial charge in [-0.25, -0.2) is 13.1 Å². The van der Waals surface area contributed by atoms with Gasteiger partial charge in [0.05, 0.1) is 19.1 Å². The average molecular weight is 421 g/mol. The summed E-state index contributed by atoms with van der Waals surface area (Å²) in [5, 5.41) is 2.82. The number of carbonyl (C=O) groups excluding carboxylic acids is 1. The van der Waals surface area contributed by atoms with Crippen molar-refractivity contribution in [2.75, 3.05) is 19.5 Å². The van der Waals surface area contributed by atoms with E-state index in [4.69, 9.17) is 9.47 Å². The lowest BCUT2D eigenvalue weighted by Crippen LogP contribution is -2.40. The summed E-state index contributed by atoms with van der Waals surface area (Å²) in [5.41, 5.74) is 0.934. The number of hydrogen-bond donors (Lipinski definition) is 2. The summed E-state index contributed by atoms with van der Waals surface area (Å²) in [6.07, 6.45) is 0.757. The van der Waals surface area contributed by atoms with Crippen molar-refractivity contribution in [3.8, 4) is 11.5 Å². The SMILES string of the molecule is COc1ccc(NC(=O)CCc2ccc(S(=O)(=O)NC(C)(C)C)cc2)cc1OC. The van der Waals surface area contributed by atoms with E-state index >= 15 is 0 Å². The topological polar surface area (TPSA) is 93.7 Å². The van der Waals surface area contributed by atoms with Gasteiger partial charge in [-0.1, -0.05) is 12.1 Å². The Morgan fingerprint density at radius 3 is 2.14 bits per heavy atom. The van der Waals surface area contributed by atoms with Gasteiger partial charge in [-0.2, -0.15) is 0 Å². The molecule has 2 aromatic carbocycles. The Kier molecular flexibility index (Phi) is 7.26. The number of ether oxygens (including phenoxy) is 2. The lowest BCUT2D eigenvalue weighted by Gasteiger charge is -2.20. The Balaban J connectivity index is 1.95. The number of hydrogen-bond acceptors (Lipinski definition) is 5. The second-order valence-electron chi connectivity index (χ2n) is 7.62. The van der Waals surface area contributed by atoms with Crippen LogP contribution in [0.25, 0.3) is 0 Å². The third kappa shape index (κ3) is 6.76. The molecule has 8 heteroatoms. The van der Waals surface area contributed by atoms with Crippen LogP contribution in [-0.2, 0) is 21.2 Å². The monoisotopic (exact) mass is 420 g/mol. The Hall–Kier alpha value is -2.58. The smallest absolute Gasteiger partial charge is 0.241 e. The third-order valence-corrected chi connectivity index (χ3v) is 5.76. The molecule has 0 unspecified atom stereocenters. The number of sulfonamides is 1. The van der Waals surface area contributed by atoms with Gasteiger partial charge in [-0.15, -0.1) is 0 Å². The molecule has 0 heterocycles. The number of anilines is 1. The molecule has 0 radical (unpaired) electrons. The zero-order chi connectivity index (χ0) is 21.7. The van der Waals surface area contributed by atoms with Crippen molar-refractivity contribution in [3.63, 3.8) is 0 Å². The second kappa shape index (κ2) is 9.28. The van der Waals surface area contributed by atoms with E-state index in [2.05, 4.69) is 10.0 Å². The van der Waals surface area contributed by atoms with E-state index in [1.807, 2.05) is 0 Å². The molecule has 0 aliphatic heterocycles. The van der Waals surface area contributed by atoms with E-state index in [1.54, 1.807) is 70.3 Å². The van der Waals surface area contributed by atoms with Crippen LogP contribution >= 0.6 is 0 Å². The Morgan fingerprint density at radius 1 is 0.966 bits per heavy atom. The number of aryl methyl sites for hydroxylation is 1. The number of methoxy groups -OCH3 is 2. The molecule has 1 amide bonds. The largest absolute Gasteiger partial charge is 0.493 e. The first-order chi connectivity index (χ1) is 13.5. The molecule has 0 aromatic heterocycles. The van der Waals surface area contributed by atoms with Crippen molar-refractivity contribution >= 4 is 21.6 Å². The molecule has 0 bridgehead atoms. The van der Waals surface area contributed by atoms with Gasteiger partial charge in [-0.3, -0.25) is 4.79 Å². The lowest BCUT2D eigenvalue weighted by atomic mass is 10.1. The number of rotatable bonds is 8. The molecule has 0 atom stereocenters. The maximum absolute atomic E-state index is 12.3. The third-order valence-electron chi connectivity index (χ3n) is 3.98. The molecule has 0 saturated carbocycles. The van der Waals surface area contributed by atoms with Crippen LogP contribution in [0, 0.1) is 0 Å². The van der Waals surface area contributed by atoms with Crippen LogP contribution in [0.2, 0.25) is 0 Å². The molecular weight excluding hydrogens is 392 g/mol. The molecule has 2 rings (SSSR count). The van der Waals surface area contributed by atoms with Gasteiger partial charge >= 0.3 is 0 Å². The van der Waals surface area contributed by atoms with E-state index < -0.39 is 15.6 Å². The molecule has 0 aliphatic rings. The van der Waals surface area contributed by atoms with Gasteiger partial charge < -0.3 is 14.8 Å². The minimum atomic E-state index is -3.57. The summed E-state index contributed by atoms with van der Waals surface area (Å²) in [5.74, 6) is 0.968. The normalized spacial score (nSPS) is 11.8. The highest BCUT2D eigenvalue weighted by molar-refractivity contribution is 7.89. The molecule has 2 aromatic rings. The Bertz CT molecular complexity index is 948. The van der Waals surface area contributed by atoms with Crippen LogP contribution in [-0.4, -0.2) is 34.1 Å². The first-order valence-electron chi connectivity index (χ1n) is 9.19. The fourth-order valence-corrected chi connectivity index (χ4v) is 4.11. The van der Waals surface area contributed by atoms with Crippen molar-refractivity contribution in [2.45, 2.75) is 44.0 Å². The zero-order valence-corrected chi connectivity index (χ0v) is 18.2. The molecule has 0 saturated heterocycles. The van der Waals surface area contributed by atoms with Crippen LogP contribution < -0.4 is 19.5 Å². The number of amides is 1. The van der Waals surface area contributed by atoms with E-state index in [1.165, 1.54) is 7.11 Å². The molecule has 0 fully saturated rings. The Morgan fingerprint density at radius 2 is 1.59 bits per heavy atom. The highest BCUT2D eigenvalue weighted by Gasteiger charge is 2.21. The van der Waals surface area contributed by atoms with Crippen LogP contribution in [0.15, 0.2) is 47.4 Å². The van der Waals surface area contributed by atoms with E-state index in [9.17, 15) is 13.2 Å². The van der Waals surface area contributed by atoms with Crippen molar-refractivity contribution in [1.82, 2.24) is 4.72 Å². The maximum Gasteiger partial charge on any atom is 0.241 e. The summed E-state index contributed by atoms with van der Waals surface area (Å²) in [6, 6.07) is 11.7. The van der Waals surface area contributed by atoms with Gasteiger partial charge in [0.2, 0.25) is 15.9 Å². The van der Waals surface area contributed by atoms with Crippen molar-refractivity contribution in [1.29, 1.82) is 0 Å². The van der Waals surface area contributed by atoms with Gasteiger partial charge in [0.1, 0.15) is 0 Å². The van der Waals surface area contributed by atoms with Crippen LogP contribution in [0.3, 0.4) is 0 Å². The fourth-order valence-electron chi connectivity index (χ4n) is 2.69. The zero-order valence-electron chi connectivity index (χ0n) is 17.4. The van der Waals surface area contributed by atoms with E-state index in [0.29, 0.717) is 23.6 Å². The molecule has 7 nitrogen and oxygen atoms in total. The second-order valence-corrected chi connectivity index (χ2v) is 9.30. The highest BCUT2D eigenvalue weighted by atomic mass is 32.2. The summed E-state index contributed by atoms with van der Waals surface area (Å²) in [6.45, 7) is 5.36. The Labute approximate surface area is 172 Å². The standard InChI is InChI=1S/C21H28N2O5S/c1-21(2,3)23-29(25,26)17-10-6-15(7-11-17)8-13-20(24)22-16-9-12-18(27-4)19(14-16)28-5/h6-7,9-12,14,23H,8,13H2,1-5H3,(H,22,24). The van der Waals surface area contributed by atoms with Crippen LogP contribution in [0.5, 0.6) is 11.5 Å². The van der Waals surface area contributed by atoms with Gasteiger partial charge in [-0.05, 0) is 57.0 Å². The first kappa shape index (κ1) is 22.7. The molecule has 158 valence electrons. The molecule has 0 aliphatic carbocycles. The van der Waals surface area contributed by atoms with E-state index in [-0.39, 0.29) is 17.2 Å². The molecular formula is C21H28N2O5S. The van der Waals surface area contributed by atoms with Gasteiger partial charge in [0.15, 0.2) is 11.5 Å². The molecule has 2 N–H and O–H groups in total. The van der Waals surface area contributed by atoms with Crippen molar-refractivity contribution in [3.05, 3.63) is 48.0 Å². The summed E-state index contributed by atoms with van der Waals surface area (Å²) in [7, 11) is -0.491. The number of carbonyl (C=O) groups is 1. The van der Waals surface area contributed by atoms with Crippen molar-refractivity contribution < 1.29 is 22.7 Å². The minimum Gasteiger partial charge on any atom is -0.493 e. The predicted molar refractivity (Wildman–Crippen MR) is 113 cm³/mol. The maximum atomic E-state index is 12.3. The van der Waals surface area contributed by atoms with Crippen LogP contribution in [0.4, 0.5) is 5.69 Å². The van der Waals surface area contributed by atoms with Crippen LogP contribution in [0.1, 0.15) is 32.8 Å². The quantitative estimate of drug-likeness (QED) is 0.683. The fraction of sp³-hybridized carbons (Fsp3) is 0.381. The lowest BCUT2D eigenvalue weighted by molar-refractivity contribution is -0.116. The summed E-state index contributed by atoms with van der Waals surface area (Å²) < 4.78 is 37.7. The predicted octanol–water partition coefficient (Wildman–Crippen LogP) is 3.35. The minimum absolute atomic E-state index is 0.150. The number of nitrogens with one attached hydrogen (secondary N) is 2. The first-order valence-corrected chi connectivity index (χ1v) is 10.7. The van der Waals surface area contributed by atoms with Gasteiger partial charge in [0.25, 0.3) is 0 Å².